The maximum absolute atomic E-state index is 14.1. The van der Waals surface area contributed by atoms with E-state index in [1.165, 1.54) is 6.92 Å². The SMILES string of the molecule is COC(=O)c1c(OCc2c(F)cc(C)c(F)c2F)nsc1NC(=O)NCCCN1CCN(C)CC1. The van der Waals surface area contributed by atoms with Crippen molar-refractivity contribution >= 4 is 28.5 Å². The first-order valence-corrected chi connectivity index (χ1v) is 11.8. The number of piperazine rings is 1. The summed E-state index contributed by atoms with van der Waals surface area (Å²) in [6, 6.07) is 0.293. The number of carbonyl (C=O) groups excluding carboxylic acids is 2. The average Bonchev–Trinajstić information content (AvgIpc) is 3.23. The van der Waals surface area contributed by atoms with Crippen molar-refractivity contribution in [3.63, 3.8) is 0 Å². The van der Waals surface area contributed by atoms with Crippen molar-refractivity contribution in [2.24, 2.45) is 0 Å². The molecule has 0 spiro atoms. The monoisotopic (exact) mass is 515 g/mol. The summed E-state index contributed by atoms with van der Waals surface area (Å²) in [5, 5.41) is 5.28. The lowest BCUT2D eigenvalue weighted by Gasteiger charge is -2.32. The number of carbonyl (C=O) groups is 2. The summed E-state index contributed by atoms with van der Waals surface area (Å²) in [7, 11) is 3.21. The van der Waals surface area contributed by atoms with Crippen LogP contribution in [0.1, 0.15) is 27.9 Å². The first kappa shape index (κ1) is 26.7. The molecule has 2 heterocycles. The van der Waals surface area contributed by atoms with Gasteiger partial charge in [0.2, 0.25) is 5.88 Å². The van der Waals surface area contributed by atoms with E-state index in [2.05, 4.69) is 31.9 Å². The molecule has 3 rings (SSSR count). The number of hydrogen-bond acceptors (Lipinski definition) is 8. The van der Waals surface area contributed by atoms with Gasteiger partial charge in [-0.25, -0.2) is 22.8 Å². The van der Waals surface area contributed by atoms with E-state index < -0.39 is 41.6 Å². The number of nitrogens with one attached hydrogen (secondary N) is 2. The number of aryl methyl sites for hydroxylation is 1. The summed E-state index contributed by atoms with van der Waals surface area (Å²) in [6.07, 6.45) is 0.752. The zero-order valence-corrected chi connectivity index (χ0v) is 20.6. The van der Waals surface area contributed by atoms with E-state index in [0.717, 1.165) is 63.9 Å². The van der Waals surface area contributed by atoms with E-state index in [1.807, 2.05) is 0 Å². The molecule has 1 saturated heterocycles. The molecule has 35 heavy (non-hydrogen) atoms. The van der Waals surface area contributed by atoms with E-state index in [0.29, 0.717) is 6.54 Å². The quantitative estimate of drug-likeness (QED) is 0.301. The lowest BCUT2D eigenvalue weighted by Crippen LogP contribution is -2.45. The summed E-state index contributed by atoms with van der Waals surface area (Å²) in [4.78, 5) is 29.2. The molecular weight excluding hydrogens is 487 g/mol. The highest BCUT2D eigenvalue weighted by molar-refractivity contribution is 7.11. The Morgan fingerprint density at radius 1 is 1.17 bits per heavy atom. The molecule has 13 heteroatoms. The number of amides is 2. The molecule has 2 amide bonds. The Labute approximate surface area is 205 Å². The van der Waals surface area contributed by atoms with E-state index in [9.17, 15) is 22.8 Å². The molecule has 0 saturated carbocycles. The van der Waals surface area contributed by atoms with Crippen LogP contribution in [0.2, 0.25) is 0 Å². The van der Waals surface area contributed by atoms with Crippen LogP contribution in [0.3, 0.4) is 0 Å². The Morgan fingerprint density at radius 3 is 2.57 bits per heavy atom. The molecule has 0 aliphatic carbocycles. The predicted molar refractivity (Wildman–Crippen MR) is 124 cm³/mol. The largest absolute Gasteiger partial charge is 0.471 e. The minimum atomic E-state index is -1.38. The fourth-order valence-electron chi connectivity index (χ4n) is 3.49. The topological polar surface area (TPSA) is 96.0 Å². The number of halogens is 3. The molecule has 1 aromatic carbocycles. The molecule has 0 atom stereocenters. The summed E-state index contributed by atoms with van der Waals surface area (Å²) >= 11 is 0.737. The van der Waals surface area contributed by atoms with Gasteiger partial charge in [-0.05, 0) is 50.1 Å². The van der Waals surface area contributed by atoms with Crippen LogP contribution in [-0.4, -0.2) is 79.6 Å². The van der Waals surface area contributed by atoms with Crippen LogP contribution < -0.4 is 15.4 Å². The lowest BCUT2D eigenvalue weighted by atomic mass is 10.1. The van der Waals surface area contributed by atoms with Gasteiger partial charge in [-0.1, -0.05) is 0 Å². The molecule has 1 aromatic heterocycles. The molecule has 1 fully saturated rings. The van der Waals surface area contributed by atoms with E-state index in [4.69, 9.17) is 9.47 Å². The number of likely N-dealkylation sites (N-methyl/N-ethyl adjacent to an activating group) is 1. The number of anilines is 1. The normalized spacial score (nSPS) is 14.6. The average molecular weight is 516 g/mol. The van der Waals surface area contributed by atoms with Gasteiger partial charge in [-0.2, -0.15) is 4.37 Å². The van der Waals surface area contributed by atoms with Crippen molar-refractivity contribution in [2.45, 2.75) is 20.0 Å². The van der Waals surface area contributed by atoms with Gasteiger partial charge in [0.05, 0.1) is 12.7 Å². The minimum Gasteiger partial charge on any atom is -0.471 e. The molecule has 192 valence electrons. The predicted octanol–water partition coefficient (Wildman–Crippen LogP) is 2.99. The second-order valence-electron chi connectivity index (χ2n) is 8.13. The maximum atomic E-state index is 14.1. The van der Waals surface area contributed by atoms with Gasteiger partial charge in [0, 0.05) is 32.7 Å². The van der Waals surface area contributed by atoms with Crippen LogP contribution in [0.5, 0.6) is 5.88 Å². The van der Waals surface area contributed by atoms with Crippen LogP contribution in [0.25, 0.3) is 0 Å². The second-order valence-corrected chi connectivity index (χ2v) is 8.91. The van der Waals surface area contributed by atoms with Crippen molar-refractivity contribution in [1.82, 2.24) is 19.5 Å². The zero-order chi connectivity index (χ0) is 25.5. The highest BCUT2D eigenvalue weighted by atomic mass is 32.1. The summed E-state index contributed by atoms with van der Waals surface area (Å²) in [6.45, 7) is 5.78. The Morgan fingerprint density at radius 2 is 1.89 bits per heavy atom. The third kappa shape index (κ3) is 6.83. The number of aromatic nitrogens is 1. The Kier molecular flexibility index (Phi) is 9.29. The molecule has 9 nitrogen and oxygen atoms in total. The lowest BCUT2D eigenvalue weighted by molar-refractivity contribution is 0.0596. The molecule has 0 bridgehead atoms. The number of esters is 1. The number of methoxy groups -OCH3 is 1. The molecule has 1 aliphatic heterocycles. The number of hydrogen-bond donors (Lipinski definition) is 2. The highest BCUT2D eigenvalue weighted by Crippen LogP contribution is 2.32. The van der Waals surface area contributed by atoms with Crippen LogP contribution in [0, 0.1) is 24.4 Å². The van der Waals surface area contributed by atoms with Gasteiger partial charge >= 0.3 is 12.0 Å². The molecular formula is C22H28F3N5O4S. The van der Waals surface area contributed by atoms with Gasteiger partial charge in [-0.3, -0.25) is 5.32 Å². The number of urea groups is 1. The minimum absolute atomic E-state index is 0.0412. The van der Waals surface area contributed by atoms with Gasteiger partial charge in [0.25, 0.3) is 0 Å². The van der Waals surface area contributed by atoms with Crippen molar-refractivity contribution in [1.29, 1.82) is 0 Å². The summed E-state index contributed by atoms with van der Waals surface area (Å²) < 4.78 is 56.0. The maximum Gasteiger partial charge on any atom is 0.346 e. The summed E-state index contributed by atoms with van der Waals surface area (Å²) in [5.74, 6) is -4.73. The molecule has 2 N–H and O–H groups in total. The fraction of sp³-hybridized carbons (Fsp3) is 0.500. The van der Waals surface area contributed by atoms with Gasteiger partial charge < -0.3 is 24.6 Å². The fourth-order valence-corrected chi connectivity index (χ4v) is 4.21. The number of benzene rings is 1. The van der Waals surface area contributed by atoms with Crippen molar-refractivity contribution in [2.75, 3.05) is 58.7 Å². The first-order chi connectivity index (χ1) is 16.7. The molecule has 2 aromatic rings. The number of nitrogens with zero attached hydrogens (tertiary/aromatic N) is 3. The number of rotatable bonds is 9. The third-order valence-corrected chi connectivity index (χ3v) is 6.34. The number of ether oxygens (including phenoxy) is 2. The van der Waals surface area contributed by atoms with E-state index in [1.54, 1.807) is 0 Å². The van der Waals surface area contributed by atoms with Gasteiger partial charge in [0.15, 0.2) is 17.2 Å². The van der Waals surface area contributed by atoms with Crippen LogP contribution in [0.4, 0.5) is 23.0 Å². The van der Waals surface area contributed by atoms with Gasteiger partial charge in [0.1, 0.15) is 17.4 Å². The van der Waals surface area contributed by atoms with E-state index in [-0.39, 0.29) is 22.0 Å². The van der Waals surface area contributed by atoms with Gasteiger partial charge in [-0.15, -0.1) is 0 Å². The van der Waals surface area contributed by atoms with Crippen LogP contribution in [-0.2, 0) is 11.3 Å². The van der Waals surface area contributed by atoms with E-state index >= 15 is 0 Å². The van der Waals surface area contributed by atoms with Crippen molar-refractivity contribution in [3.8, 4) is 5.88 Å². The van der Waals surface area contributed by atoms with Crippen molar-refractivity contribution < 1.29 is 32.2 Å². The standard InChI is InChI=1S/C22H28F3N5O4S/c1-13-11-15(23)14(18(25)17(13)24)12-34-19-16(21(31)33-3)20(35-28-19)27-22(32)26-5-4-6-30-9-7-29(2)8-10-30/h11H,4-10,12H2,1-3H3,(H2,26,27,32). The Bertz CT molecular complexity index is 1060. The molecule has 0 unspecified atom stereocenters. The zero-order valence-electron chi connectivity index (χ0n) is 19.8. The van der Waals surface area contributed by atoms with Crippen LogP contribution in [0.15, 0.2) is 6.07 Å². The van der Waals surface area contributed by atoms with Crippen LogP contribution >= 0.6 is 11.5 Å². The second kappa shape index (κ2) is 12.2. The summed E-state index contributed by atoms with van der Waals surface area (Å²) in [5.41, 5.74) is -1.04. The first-order valence-electron chi connectivity index (χ1n) is 11.0. The van der Waals surface area contributed by atoms with Crippen molar-refractivity contribution in [3.05, 3.63) is 40.2 Å². The Hall–Kier alpha value is -2.90. The Balaban J connectivity index is 1.58. The smallest absolute Gasteiger partial charge is 0.346 e. The molecule has 0 radical (unpaired) electrons. The third-order valence-electron chi connectivity index (χ3n) is 5.60. The highest BCUT2D eigenvalue weighted by Gasteiger charge is 2.26. The molecule has 1 aliphatic rings.